The molecule has 3 heterocycles. The summed E-state index contributed by atoms with van der Waals surface area (Å²) in [6.07, 6.45) is 3.36. The SMILES string of the molecule is CSc1nc(-c2ccco2)nc(C)c1C(=O)OCc1noc(-c2ccccc2Cl)n1. The topological polar surface area (TPSA) is 104 Å². The summed E-state index contributed by atoms with van der Waals surface area (Å²) in [6.45, 7) is 1.55. The van der Waals surface area contributed by atoms with Crippen molar-refractivity contribution in [2.45, 2.75) is 18.6 Å². The summed E-state index contributed by atoms with van der Waals surface area (Å²) in [7, 11) is 0. The van der Waals surface area contributed by atoms with E-state index in [1.54, 1.807) is 37.3 Å². The lowest BCUT2D eigenvalue weighted by Crippen LogP contribution is -2.12. The second-order valence-corrected chi connectivity index (χ2v) is 7.27. The number of benzene rings is 1. The fraction of sp³-hybridized carbons (Fsp3) is 0.150. The summed E-state index contributed by atoms with van der Waals surface area (Å²) in [5.41, 5.74) is 1.37. The van der Waals surface area contributed by atoms with Crippen LogP contribution in [0.5, 0.6) is 0 Å². The molecule has 0 amide bonds. The van der Waals surface area contributed by atoms with Gasteiger partial charge in [0.2, 0.25) is 5.82 Å². The quantitative estimate of drug-likeness (QED) is 0.236. The molecule has 1 aromatic carbocycles. The molecular weight excluding hydrogens is 428 g/mol. The van der Waals surface area contributed by atoms with Gasteiger partial charge in [0.25, 0.3) is 5.89 Å². The van der Waals surface area contributed by atoms with E-state index >= 15 is 0 Å². The molecule has 152 valence electrons. The van der Waals surface area contributed by atoms with Gasteiger partial charge in [-0.15, -0.1) is 11.8 Å². The van der Waals surface area contributed by atoms with Gasteiger partial charge in [-0.05, 0) is 37.4 Å². The van der Waals surface area contributed by atoms with Crippen LogP contribution in [0.25, 0.3) is 23.0 Å². The Bertz CT molecular complexity index is 1190. The first-order valence-electron chi connectivity index (χ1n) is 8.78. The lowest BCUT2D eigenvalue weighted by Gasteiger charge is -2.10. The molecule has 0 fully saturated rings. The third-order valence-corrected chi connectivity index (χ3v) is 5.11. The van der Waals surface area contributed by atoms with E-state index in [9.17, 15) is 4.79 Å². The van der Waals surface area contributed by atoms with Crippen LogP contribution in [-0.4, -0.2) is 32.3 Å². The van der Waals surface area contributed by atoms with Crippen LogP contribution in [0.1, 0.15) is 21.9 Å². The average Bonchev–Trinajstić information content (AvgIpc) is 3.44. The highest BCUT2D eigenvalue weighted by molar-refractivity contribution is 7.98. The summed E-state index contributed by atoms with van der Waals surface area (Å²) in [5, 5.41) is 4.82. The monoisotopic (exact) mass is 442 g/mol. The zero-order chi connectivity index (χ0) is 21.1. The number of hydrogen-bond acceptors (Lipinski definition) is 9. The maximum atomic E-state index is 12.7. The van der Waals surface area contributed by atoms with Crippen molar-refractivity contribution in [3.8, 4) is 23.0 Å². The van der Waals surface area contributed by atoms with Crippen LogP contribution in [-0.2, 0) is 11.3 Å². The minimum atomic E-state index is -0.577. The first-order chi connectivity index (χ1) is 14.6. The minimum Gasteiger partial charge on any atom is -0.461 e. The summed E-state index contributed by atoms with van der Waals surface area (Å²) in [4.78, 5) is 25.7. The van der Waals surface area contributed by atoms with E-state index < -0.39 is 5.97 Å². The Morgan fingerprint density at radius 3 is 2.73 bits per heavy atom. The number of carbonyl (C=O) groups is 1. The van der Waals surface area contributed by atoms with Gasteiger partial charge in [-0.3, -0.25) is 0 Å². The van der Waals surface area contributed by atoms with Crippen LogP contribution in [0.2, 0.25) is 5.02 Å². The smallest absolute Gasteiger partial charge is 0.343 e. The van der Waals surface area contributed by atoms with E-state index in [4.69, 9.17) is 25.3 Å². The molecule has 0 aliphatic carbocycles. The van der Waals surface area contributed by atoms with E-state index in [1.165, 1.54) is 18.0 Å². The predicted octanol–water partition coefficient (Wildman–Crippen LogP) is 4.83. The van der Waals surface area contributed by atoms with E-state index in [0.29, 0.717) is 32.9 Å². The molecule has 3 aromatic heterocycles. The molecule has 0 aliphatic heterocycles. The third kappa shape index (κ3) is 4.07. The normalized spacial score (nSPS) is 10.9. The van der Waals surface area contributed by atoms with Gasteiger partial charge in [0.15, 0.2) is 18.2 Å². The number of nitrogens with zero attached hydrogens (tertiary/aromatic N) is 4. The Morgan fingerprint density at radius 1 is 1.17 bits per heavy atom. The molecule has 0 unspecified atom stereocenters. The lowest BCUT2D eigenvalue weighted by atomic mass is 10.2. The van der Waals surface area contributed by atoms with E-state index in [-0.39, 0.29) is 23.9 Å². The summed E-state index contributed by atoms with van der Waals surface area (Å²) in [5.74, 6) is 0.814. The zero-order valence-corrected chi connectivity index (χ0v) is 17.5. The number of furan rings is 1. The Kier molecular flexibility index (Phi) is 5.82. The van der Waals surface area contributed by atoms with Crippen molar-refractivity contribution >= 4 is 29.3 Å². The Hall–Kier alpha value is -3.17. The number of aromatic nitrogens is 4. The maximum Gasteiger partial charge on any atom is 0.343 e. The van der Waals surface area contributed by atoms with Gasteiger partial charge >= 0.3 is 5.97 Å². The number of thioether (sulfide) groups is 1. The fourth-order valence-electron chi connectivity index (χ4n) is 2.70. The number of carbonyl (C=O) groups excluding carboxylic acids is 1. The van der Waals surface area contributed by atoms with Gasteiger partial charge in [0.05, 0.1) is 22.5 Å². The number of rotatable bonds is 6. The van der Waals surface area contributed by atoms with Gasteiger partial charge < -0.3 is 13.7 Å². The van der Waals surface area contributed by atoms with Crippen molar-refractivity contribution in [2.24, 2.45) is 0 Å². The van der Waals surface area contributed by atoms with Crippen molar-refractivity contribution in [2.75, 3.05) is 6.26 Å². The molecule has 0 bridgehead atoms. The number of aryl methyl sites for hydroxylation is 1. The van der Waals surface area contributed by atoms with Gasteiger partial charge in [-0.1, -0.05) is 28.9 Å². The van der Waals surface area contributed by atoms with Crippen LogP contribution < -0.4 is 0 Å². The van der Waals surface area contributed by atoms with E-state index in [2.05, 4.69) is 20.1 Å². The van der Waals surface area contributed by atoms with Crippen LogP contribution in [0.15, 0.2) is 56.6 Å². The second-order valence-electron chi connectivity index (χ2n) is 6.07. The van der Waals surface area contributed by atoms with Crippen molar-refractivity contribution in [1.82, 2.24) is 20.1 Å². The lowest BCUT2D eigenvalue weighted by molar-refractivity contribution is 0.0453. The van der Waals surface area contributed by atoms with Crippen LogP contribution >= 0.6 is 23.4 Å². The molecule has 8 nitrogen and oxygen atoms in total. The molecule has 10 heteroatoms. The molecular formula is C20H15ClN4O4S. The highest BCUT2D eigenvalue weighted by Crippen LogP contribution is 2.27. The van der Waals surface area contributed by atoms with E-state index in [1.807, 2.05) is 12.3 Å². The predicted molar refractivity (Wildman–Crippen MR) is 110 cm³/mol. The number of hydrogen-bond donors (Lipinski definition) is 0. The number of halogens is 1. The maximum absolute atomic E-state index is 12.7. The highest BCUT2D eigenvalue weighted by atomic mass is 35.5. The van der Waals surface area contributed by atoms with Crippen LogP contribution in [0, 0.1) is 6.92 Å². The van der Waals surface area contributed by atoms with Gasteiger partial charge in [0.1, 0.15) is 10.6 Å². The molecule has 4 rings (SSSR count). The van der Waals surface area contributed by atoms with Gasteiger partial charge in [-0.25, -0.2) is 14.8 Å². The fourth-order valence-corrected chi connectivity index (χ4v) is 3.53. The van der Waals surface area contributed by atoms with Crippen molar-refractivity contribution in [3.05, 3.63) is 64.8 Å². The molecule has 30 heavy (non-hydrogen) atoms. The van der Waals surface area contributed by atoms with Crippen molar-refractivity contribution < 1.29 is 18.5 Å². The van der Waals surface area contributed by atoms with Gasteiger partial charge in [-0.2, -0.15) is 4.98 Å². The summed E-state index contributed by atoms with van der Waals surface area (Å²) < 4.78 is 15.9. The van der Waals surface area contributed by atoms with Crippen molar-refractivity contribution in [3.63, 3.8) is 0 Å². The highest BCUT2D eigenvalue weighted by Gasteiger charge is 2.22. The molecule has 0 spiro atoms. The summed E-state index contributed by atoms with van der Waals surface area (Å²) in [6, 6.07) is 10.6. The van der Waals surface area contributed by atoms with Crippen LogP contribution in [0.4, 0.5) is 0 Å². The largest absolute Gasteiger partial charge is 0.461 e. The molecule has 4 aromatic rings. The molecule has 0 atom stereocenters. The van der Waals surface area contributed by atoms with Gasteiger partial charge in [0, 0.05) is 0 Å². The molecule has 0 N–H and O–H groups in total. The first-order valence-corrected chi connectivity index (χ1v) is 10.4. The average molecular weight is 443 g/mol. The standard InChI is InChI=1S/C20H15ClN4O4S/c1-11-16(19(30-2)24-17(22-11)14-8-5-9-27-14)20(26)28-10-15-23-18(29-25-15)12-6-3-4-7-13(12)21/h3-9H,10H2,1-2H3. The molecule has 0 saturated heterocycles. The minimum absolute atomic E-state index is 0.167. The van der Waals surface area contributed by atoms with E-state index in [0.717, 1.165) is 0 Å². The number of ether oxygens (including phenoxy) is 1. The van der Waals surface area contributed by atoms with Crippen LogP contribution in [0.3, 0.4) is 0 Å². The Balaban J connectivity index is 1.51. The Labute approximate surface area is 180 Å². The third-order valence-electron chi connectivity index (χ3n) is 4.10. The molecule has 0 radical (unpaired) electrons. The number of esters is 1. The first kappa shape index (κ1) is 20.1. The molecule has 0 saturated carbocycles. The zero-order valence-electron chi connectivity index (χ0n) is 16.0. The summed E-state index contributed by atoms with van der Waals surface area (Å²) >= 11 is 7.46. The Morgan fingerprint density at radius 2 is 2.00 bits per heavy atom. The second kappa shape index (κ2) is 8.68. The molecule has 0 aliphatic rings. The van der Waals surface area contributed by atoms with Crippen molar-refractivity contribution in [1.29, 1.82) is 0 Å².